The molecule has 2 heterocycles. The van der Waals surface area contributed by atoms with E-state index in [0.717, 1.165) is 39.0 Å². The minimum absolute atomic E-state index is 0.0968. The van der Waals surface area contributed by atoms with E-state index < -0.39 is 0 Å². The largest absolute Gasteiger partial charge is 0.472 e. The standard InChI is InChI=1S/C20H30N2O3/c1-2-25-18-13-17(20(18)8-3-4-9-20)21-16-5-10-22(11-6-16)19(23)15-7-12-24-14-15/h7,12,14,16-18,21H,2-6,8-11,13H2,1H3/t17-,18+/m0/s1. The topological polar surface area (TPSA) is 54.7 Å². The first-order valence-corrected chi connectivity index (χ1v) is 9.92. The average Bonchev–Trinajstić information content (AvgIpc) is 3.33. The van der Waals surface area contributed by atoms with Gasteiger partial charge in [0.05, 0.1) is 17.9 Å². The fraction of sp³-hybridized carbons (Fsp3) is 0.750. The van der Waals surface area contributed by atoms with E-state index in [1.807, 2.05) is 4.90 Å². The Hall–Kier alpha value is -1.33. The first-order chi connectivity index (χ1) is 12.2. The van der Waals surface area contributed by atoms with Crippen LogP contribution in [0.1, 0.15) is 62.2 Å². The summed E-state index contributed by atoms with van der Waals surface area (Å²) in [6.45, 7) is 4.59. The summed E-state index contributed by atoms with van der Waals surface area (Å²) in [5.41, 5.74) is 1.05. The number of carbonyl (C=O) groups is 1. The quantitative estimate of drug-likeness (QED) is 0.889. The fourth-order valence-corrected chi connectivity index (χ4v) is 5.22. The predicted molar refractivity (Wildman–Crippen MR) is 95.5 cm³/mol. The highest BCUT2D eigenvalue weighted by Crippen LogP contribution is 2.55. The molecule has 1 spiro atoms. The molecule has 1 aromatic rings. The third-order valence-corrected chi connectivity index (χ3v) is 6.67. The Bertz CT molecular complexity index is 572. The van der Waals surface area contributed by atoms with Gasteiger partial charge >= 0.3 is 0 Å². The van der Waals surface area contributed by atoms with Gasteiger partial charge < -0.3 is 19.4 Å². The Morgan fingerprint density at radius 3 is 2.76 bits per heavy atom. The van der Waals surface area contributed by atoms with Gasteiger partial charge in [-0.3, -0.25) is 4.79 Å². The first kappa shape index (κ1) is 17.1. The number of piperidine rings is 1. The van der Waals surface area contributed by atoms with Crippen molar-refractivity contribution in [1.82, 2.24) is 10.2 Å². The molecule has 1 aromatic heterocycles. The van der Waals surface area contributed by atoms with Crippen LogP contribution in [0.4, 0.5) is 0 Å². The SMILES string of the molecule is CCO[C@@H]1C[C@H](NC2CCN(C(=O)c3ccoc3)CC2)C12CCCC2. The van der Waals surface area contributed by atoms with Gasteiger partial charge in [-0.15, -0.1) is 0 Å². The maximum absolute atomic E-state index is 12.4. The van der Waals surface area contributed by atoms with Gasteiger partial charge in [0.2, 0.25) is 0 Å². The van der Waals surface area contributed by atoms with Gasteiger partial charge in [0.15, 0.2) is 0 Å². The Morgan fingerprint density at radius 1 is 1.36 bits per heavy atom. The van der Waals surface area contributed by atoms with Crippen LogP contribution in [0, 0.1) is 5.41 Å². The number of likely N-dealkylation sites (tertiary alicyclic amines) is 1. The number of furan rings is 1. The van der Waals surface area contributed by atoms with Gasteiger partial charge in [0, 0.05) is 37.2 Å². The summed E-state index contributed by atoms with van der Waals surface area (Å²) in [5, 5.41) is 3.93. The van der Waals surface area contributed by atoms with E-state index in [0.29, 0.717) is 29.2 Å². The van der Waals surface area contributed by atoms with Crippen LogP contribution in [-0.4, -0.2) is 48.7 Å². The van der Waals surface area contributed by atoms with E-state index in [1.165, 1.54) is 25.7 Å². The number of carbonyl (C=O) groups excluding carboxylic acids is 1. The molecule has 5 nitrogen and oxygen atoms in total. The Balaban J connectivity index is 1.30. The second kappa shape index (κ2) is 7.12. The molecule has 0 bridgehead atoms. The van der Waals surface area contributed by atoms with E-state index in [4.69, 9.17) is 9.15 Å². The van der Waals surface area contributed by atoms with Crippen LogP contribution in [0.5, 0.6) is 0 Å². The summed E-state index contributed by atoms with van der Waals surface area (Å²) in [4.78, 5) is 14.4. The van der Waals surface area contributed by atoms with E-state index in [-0.39, 0.29) is 5.91 Å². The second-order valence-corrected chi connectivity index (χ2v) is 7.92. The smallest absolute Gasteiger partial charge is 0.257 e. The molecule has 2 aliphatic carbocycles. The van der Waals surface area contributed by atoms with Crippen molar-refractivity contribution in [2.75, 3.05) is 19.7 Å². The van der Waals surface area contributed by atoms with Gasteiger partial charge in [-0.05, 0) is 45.1 Å². The molecule has 1 N–H and O–H groups in total. The third kappa shape index (κ3) is 3.13. The maximum atomic E-state index is 12.4. The lowest BCUT2D eigenvalue weighted by Crippen LogP contribution is -2.65. The van der Waals surface area contributed by atoms with Crippen molar-refractivity contribution >= 4 is 5.91 Å². The van der Waals surface area contributed by atoms with Gasteiger partial charge in [-0.2, -0.15) is 0 Å². The summed E-state index contributed by atoms with van der Waals surface area (Å²) in [5.74, 6) is 0.0968. The molecule has 3 fully saturated rings. The average molecular weight is 346 g/mol. The lowest BCUT2D eigenvalue weighted by atomic mass is 9.60. The minimum atomic E-state index is 0.0968. The molecular formula is C20H30N2O3. The Kier molecular flexibility index (Phi) is 4.87. The van der Waals surface area contributed by atoms with Crippen LogP contribution in [0.2, 0.25) is 0 Å². The summed E-state index contributed by atoms with van der Waals surface area (Å²) in [7, 11) is 0. The summed E-state index contributed by atoms with van der Waals surface area (Å²) < 4.78 is 11.1. The summed E-state index contributed by atoms with van der Waals surface area (Å²) in [6.07, 6.45) is 12.1. The molecule has 138 valence electrons. The molecule has 1 amide bonds. The van der Waals surface area contributed by atoms with Crippen LogP contribution in [0.3, 0.4) is 0 Å². The van der Waals surface area contributed by atoms with Gasteiger partial charge in [-0.25, -0.2) is 0 Å². The molecule has 3 aliphatic rings. The highest BCUT2D eigenvalue weighted by molar-refractivity contribution is 5.93. The van der Waals surface area contributed by atoms with Crippen molar-refractivity contribution in [2.45, 2.75) is 70.1 Å². The normalized spacial score (nSPS) is 29.1. The lowest BCUT2D eigenvalue weighted by molar-refractivity contribution is -0.133. The second-order valence-electron chi connectivity index (χ2n) is 7.92. The molecule has 5 heteroatoms. The zero-order valence-corrected chi connectivity index (χ0v) is 15.2. The van der Waals surface area contributed by atoms with Gasteiger partial charge in [0.1, 0.15) is 6.26 Å². The van der Waals surface area contributed by atoms with E-state index in [1.54, 1.807) is 18.6 Å². The highest BCUT2D eigenvalue weighted by Gasteiger charge is 2.56. The Labute approximate surface area is 150 Å². The summed E-state index contributed by atoms with van der Waals surface area (Å²) in [6, 6.07) is 2.88. The molecule has 4 rings (SSSR count). The Morgan fingerprint density at radius 2 is 2.12 bits per heavy atom. The number of hydrogen-bond acceptors (Lipinski definition) is 4. The van der Waals surface area contributed by atoms with Crippen molar-refractivity contribution < 1.29 is 13.9 Å². The van der Waals surface area contributed by atoms with Gasteiger partial charge in [-0.1, -0.05) is 12.8 Å². The number of nitrogens with zero attached hydrogens (tertiary/aromatic N) is 1. The van der Waals surface area contributed by atoms with E-state index in [9.17, 15) is 4.79 Å². The highest BCUT2D eigenvalue weighted by atomic mass is 16.5. The fourth-order valence-electron chi connectivity index (χ4n) is 5.22. The van der Waals surface area contributed by atoms with Crippen molar-refractivity contribution in [2.24, 2.45) is 5.41 Å². The first-order valence-electron chi connectivity index (χ1n) is 9.92. The number of ether oxygens (including phenoxy) is 1. The van der Waals surface area contributed by atoms with E-state index >= 15 is 0 Å². The molecule has 1 aliphatic heterocycles. The number of hydrogen-bond donors (Lipinski definition) is 1. The molecular weight excluding hydrogens is 316 g/mol. The molecule has 25 heavy (non-hydrogen) atoms. The van der Waals surface area contributed by atoms with Crippen molar-refractivity contribution in [3.05, 3.63) is 24.2 Å². The van der Waals surface area contributed by atoms with Crippen LogP contribution in [0.25, 0.3) is 0 Å². The summed E-state index contributed by atoms with van der Waals surface area (Å²) >= 11 is 0. The van der Waals surface area contributed by atoms with Crippen molar-refractivity contribution in [3.8, 4) is 0 Å². The van der Waals surface area contributed by atoms with Gasteiger partial charge in [0.25, 0.3) is 5.91 Å². The lowest BCUT2D eigenvalue weighted by Gasteiger charge is -2.55. The van der Waals surface area contributed by atoms with Crippen LogP contribution < -0.4 is 5.32 Å². The number of amides is 1. The molecule has 2 saturated carbocycles. The van der Waals surface area contributed by atoms with Crippen LogP contribution >= 0.6 is 0 Å². The molecule has 0 radical (unpaired) electrons. The molecule has 2 atom stereocenters. The molecule has 1 saturated heterocycles. The minimum Gasteiger partial charge on any atom is -0.472 e. The predicted octanol–water partition coefficient (Wildman–Crippen LogP) is 3.21. The van der Waals surface area contributed by atoms with Crippen molar-refractivity contribution in [3.63, 3.8) is 0 Å². The van der Waals surface area contributed by atoms with E-state index in [2.05, 4.69) is 12.2 Å². The maximum Gasteiger partial charge on any atom is 0.257 e. The molecule has 0 aromatic carbocycles. The molecule has 0 unspecified atom stereocenters. The number of rotatable bonds is 5. The monoisotopic (exact) mass is 346 g/mol. The van der Waals surface area contributed by atoms with Crippen LogP contribution in [-0.2, 0) is 4.74 Å². The zero-order chi connectivity index (χ0) is 17.3. The number of nitrogens with one attached hydrogen (secondary N) is 1. The van der Waals surface area contributed by atoms with Crippen molar-refractivity contribution in [1.29, 1.82) is 0 Å². The van der Waals surface area contributed by atoms with Crippen LogP contribution in [0.15, 0.2) is 23.0 Å². The zero-order valence-electron chi connectivity index (χ0n) is 15.2. The third-order valence-electron chi connectivity index (χ3n) is 6.67.